The van der Waals surface area contributed by atoms with Crippen molar-refractivity contribution in [1.29, 1.82) is 5.26 Å². The van der Waals surface area contributed by atoms with Gasteiger partial charge in [0, 0.05) is 28.8 Å². The van der Waals surface area contributed by atoms with Gasteiger partial charge in [-0.25, -0.2) is 0 Å². The van der Waals surface area contributed by atoms with Gasteiger partial charge in [-0.3, -0.25) is 9.69 Å². The van der Waals surface area contributed by atoms with Crippen molar-refractivity contribution in [3.05, 3.63) is 38.4 Å². The Bertz CT molecular complexity index is 773. The van der Waals surface area contributed by atoms with Crippen LogP contribution in [0.15, 0.2) is 17.5 Å². The summed E-state index contributed by atoms with van der Waals surface area (Å²) in [4.78, 5) is 17.1. The molecular weight excluding hydrogens is 350 g/mol. The zero-order valence-corrected chi connectivity index (χ0v) is 16.3. The van der Waals surface area contributed by atoms with Crippen molar-refractivity contribution in [2.45, 2.75) is 45.1 Å². The summed E-state index contributed by atoms with van der Waals surface area (Å²) in [6, 6.07) is 6.78. The number of nitrogens with zero attached hydrogens (tertiary/aromatic N) is 2. The molecule has 1 N–H and O–H groups in total. The number of hydrogen-bond donors (Lipinski definition) is 1. The Morgan fingerprint density at radius 3 is 2.96 bits per heavy atom. The maximum Gasteiger partial charge on any atom is 0.226 e. The van der Waals surface area contributed by atoms with E-state index in [4.69, 9.17) is 0 Å². The normalized spacial score (nSPS) is 14.8. The second kappa shape index (κ2) is 8.13. The number of amides is 1. The summed E-state index contributed by atoms with van der Waals surface area (Å²) in [7, 11) is 2.04. The fourth-order valence-electron chi connectivity index (χ4n) is 3.18. The van der Waals surface area contributed by atoms with E-state index in [1.54, 1.807) is 22.7 Å². The van der Waals surface area contributed by atoms with Crippen molar-refractivity contribution in [2.75, 3.05) is 18.9 Å². The topological polar surface area (TPSA) is 56.1 Å². The Hall–Kier alpha value is -1.68. The summed E-state index contributed by atoms with van der Waals surface area (Å²) in [6.07, 6.45) is 4.74. The highest BCUT2D eigenvalue weighted by molar-refractivity contribution is 7.16. The number of nitrogens with one attached hydrogen (secondary N) is 1. The van der Waals surface area contributed by atoms with Crippen LogP contribution in [0.1, 0.15) is 53.1 Å². The van der Waals surface area contributed by atoms with E-state index >= 15 is 0 Å². The lowest BCUT2D eigenvalue weighted by atomic mass is 9.96. The number of nitriles is 1. The minimum Gasteiger partial charge on any atom is -0.317 e. The molecular formula is C19H23N3OS2. The number of rotatable bonds is 6. The number of carbonyl (C=O) groups is 1. The van der Waals surface area contributed by atoms with Crippen LogP contribution in [0.3, 0.4) is 0 Å². The maximum absolute atomic E-state index is 12.4. The zero-order valence-electron chi connectivity index (χ0n) is 14.7. The molecule has 2 aromatic heterocycles. The molecule has 1 amide bonds. The molecule has 6 heteroatoms. The molecule has 1 atom stereocenters. The number of hydrogen-bond acceptors (Lipinski definition) is 5. The van der Waals surface area contributed by atoms with E-state index in [-0.39, 0.29) is 5.91 Å². The van der Waals surface area contributed by atoms with Crippen LogP contribution in [-0.4, -0.2) is 24.4 Å². The van der Waals surface area contributed by atoms with Crippen molar-refractivity contribution >= 4 is 33.6 Å². The first-order valence-corrected chi connectivity index (χ1v) is 10.4. The summed E-state index contributed by atoms with van der Waals surface area (Å²) in [5.74, 6) is -0.0136. The molecule has 25 heavy (non-hydrogen) atoms. The lowest BCUT2D eigenvalue weighted by Crippen LogP contribution is -2.26. The molecule has 0 radical (unpaired) electrons. The Morgan fingerprint density at radius 1 is 1.44 bits per heavy atom. The summed E-state index contributed by atoms with van der Waals surface area (Å²) in [5.41, 5.74) is 1.85. The van der Waals surface area contributed by atoms with Gasteiger partial charge in [0.2, 0.25) is 5.91 Å². The van der Waals surface area contributed by atoms with Crippen molar-refractivity contribution in [3.63, 3.8) is 0 Å². The van der Waals surface area contributed by atoms with Gasteiger partial charge >= 0.3 is 0 Å². The fourth-order valence-corrected chi connectivity index (χ4v) is 5.28. The maximum atomic E-state index is 12.4. The number of aryl methyl sites for hydroxylation is 1. The van der Waals surface area contributed by atoms with Crippen molar-refractivity contribution in [1.82, 2.24) is 4.90 Å². The SMILES string of the molecule is CC(c1cccs1)N(C)CCC(=O)Nc1sc2c(c1C#N)CCCC2. The number of thiophene rings is 2. The monoisotopic (exact) mass is 373 g/mol. The predicted molar refractivity (Wildman–Crippen MR) is 104 cm³/mol. The largest absolute Gasteiger partial charge is 0.317 e. The van der Waals surface area contributed by atoms with Gasteiger partial charge in [-0.15, -0.1) is 22.7 Å². The van der Waals surface area contributed by atoms with E-state index in [0.717, 1.165) is 29.8 Å². The Labute approximate surface area is 157 Å². The first-order valence-electron chi connectivity index (χ1n) is 8.68. The zero-order chi connectivity index (χ0) is 17.8. The summed E-state index contributed by atoms with van der Waals surface area (Å²) < 4.78 is 0. The van der Waals surface area contributed by atoms with Crippen molar-refractivity contribution in [2.24, 2.45) is 0 Å². The van der Waals surface area contributed by atoms with Crippen LogP contribution in [0.4, 0.5) is 5.00 Å². The molecule has 0 saturated heterocycles. The van der Waals surface area contributed by atoms with Gasteiger partial charge in [-0.05, 0) is 56.7 Å². The number of anilines is 1. The van der Waals surface area contributed by atoms with Crippen LogP contribution < -0.4 is 5.32 Å². The second-order valence-electron chi connectivity index (χ2n) is 6.50. The highest BCUT2D eigenvalue weighted by atomic mass is 32.1. The van der Waals surface area contributed by atoms with E-state index < -0.39 is 0 Å². The molecule has 1 aliphatic rings. The van der Waals surface area contributed by atoms with E-state index in [2.05, 4.69) is 40.7 Å². The van der Waals surface area contributed by atoms with Gasteiger partial charge in [0.05, 0.1) is 5.56 Å². The standard InChI is InChI=1S/C19H23N3OS2/c1-13(16-8-5-11-24-16)22(2)10-9-18(23)21-19-15(12-20)14-6-3-4-7-17(14)25-19/h5,8,11,13H,3-4,6-7,9-10H2,1-2H3,(H,21,23). The average molecular weight is 374 g/mol. The highest BCUT2D eigenvalue weighted by Crippen LogP contribution is 2.37. The first-order chi connectivity index (χ1) is 12.1. The third-order valence-corrected chi connectivity index (χ3v) is 7.09. The number of fused-ring (bicyclic) bond motifs is 1. The smallest absolute Gasteiger partial charge is 0.226 e. The van der Waals surface area contributed by atoms with Gasteiger partial charge in [-0.2, -0.15) is 5.26 Å². The molecule has 0 fully saturated rings. The van der Waals surface area contributed by atoms with Gasteiger partial charge in [0.15, 0.2) is 0 Å². The minimum atomic E-state index is -0.0136. The highest BCUT2D eigenvalue weighted by Gasteiger charge is 2.22. The van der Waals surface area contributed by atoms with Gasteiger partial charge in [0.25, 0.3) is 0 Å². The van der Waals surface area contributed by atoms with Crippen molar-refractivity contribution < 1.29 is 4.79 Å². The molecule has 4 nitrogen and oxygen atoms in total. The Kier molecular flexibility index (Phi) is 5.89. The third kappa shape index (κ3) is 4.12. The molecule has 0 aromatic carbocycles. The molecule has 1 aliphatic carbocycles. The second-order valence-corrected chi connectivity index (χ2v) is 8.58. The number of carbonyl (C=O) groups excluding carboxylic acids is 1. The van der Waals surface area contributed by atoms with Crippen LogP contribution in [0, 0.1) is 11.3 Å². The predicted octanol–water partition coefficient (Wildman–Crippen LogP) is 4.58. The van der Waals surface area contributed by atoms with Crippen LogP contribution in [0.5, 0.6) is 0 Å². The Balaban J connectivity index is 1.58. The minimum absolute atomic E-state index is 0.0136. The van der Waals surface area contributed by atoms with Gasteiger partial charge < -0.3 is 5.32 Å². The lowest BCUT2D eigenvalue weighted by Gasteiger charge is -2.23. The summed E-state index contributed by atoms with van der Waals surface area (Å²) >= 11 is 3.33. The van der Waals surface area contributed by atoms with Crippen LogP contribution >= 0.6 is 22.7 Å². The molecule has 0 aliphatic heterocycles. The molecule has 0 bridgehead atoms. The third-order valence-electron chi connectivity index (χ3n) is 4.84. The van der Waals surface area contributed by atoms with Gasteiger partial charge in [0.1, 0.15) is 11.1 Å². The van der Waals surface area contributed by atoms with E-state index in [9.17, 15) is 10.1 Å². The van der Waals surface area contributed by atoms with E-state index in [0.29, 0.717) is 24.6 Å². The van der Waals surface area contributed by atoms with Gasteiger partial charge in [-0.1, -0.05) is 6.07 Å². The van der Waals surface area contributed by atoms with E-state index in [1.807, 2.05) is 7.05 Å². The fraction of sp³-hybridized carbons (Fsp3) is 0.474. The molecule has 0 spiro atoms. The van der Waals surface area contributed by atoms with Crippen molar-refractivity contribution in [3.8, 4) is 6.07 Å². The molecule has 0 saturated carbocycles. The first kappa shape index (κ1) is 18.1. The summed E-state index contributed by atoms with van der Waals surface area (Å²) in [5, 5.41) is 15.3. The van der Waals surface area contributed by atoms with E-state index in [1.165, 1.54) is 16.2 Å². The lowest BCUT2D eigenvalue weighted by molar-refractivity contribution is -0.116. The molecule has 132 valence electrons. The van der Waals surface area contributed by atoms with Crippen LogP contribution in [0.2, 0.25) is 0 Å². The molecule has 2 aromatic rings. The molecule has 3 rings (SSSR count). The molecule has 2 heterocycles. The average Bonchev–Trinajstić information content (AvgIpc) is 3.26. The van der Waals surface area contributed by atoms with Crippen LogP contribution in [-0.2, 0) is 17.6 Å². The summed E-state index contributed by atoms with van der Waals surface area (Å²) in [6.45, 7) is 2.85. The Morgan fingerprint density at radius 2 is 2.24 bits per heavy atom. The van der Waals surface area contributed by atoms with Crippen LogP contribution in [0.25, 0.3) is 0 Å². The molecule has 1 unspecified atom stereocenters. The quantitative estimate of drug-likeness (QED) is 0.806.